The zero-order valence-corrected chi connectivity index (χ0v) is 7.21. The molecule has 0 spiro atoms. The van der Waals surface area contributed by atoms with Gasteiger partial charge in [0.1, 0.15) is 0 Å². The largest absolute Gasteiger partial charge is 0.478 e. The standard InChI is InChI=1S/C10H11NO2/c11-9-5-7(10(12)13)4-6-2-1-3-8(6)9/h4-5H,1-3,11H2,(H,12,13). The third kappa shape index (κ3) is 1.26. The number of carboxylic acids is 1. The zero-order chi connectivity index (χ0) is 9.42. The molecule has 1 aromatic carbocycles. The SMILES string of the molecule is Nc1cc(C(=O)O)cc2c1CCC2. The highest BCUT2D eigenvalue weighted by Gasteiger charge is 2.16. The Bertz CT molecular complexity index is 371. The first-order valence-corrected chi connectivity index (χ1v) is 4.33. The normalized spacial score (nSPS) is 14.2. The van der Waals surface area contributed by atoms with E-state index in [2.05, 4.69) is 0 Å². The number of benzene rings is 1. The van der Waals surface area contributed by atoms with Gasteiger partial charge in [0.15, 0.2) is 0 Å². The Labute approximate surface area is 76.2 Å². The molecular formula is C10H11NO2. The molecule has 0 aromatic heterocycles. The second-order valence-electron chi connectivity index (χ2n) is 3.36. The molecule has 68 valence electrons. The summed E-state index contributed by atoms with van der Waals surface area (Å²) in [6.45, 7) is 0. The smallest absolute Gasteiger partial charge is 0.335 e. The second-order valence-corrected chi connectivity index (χ2v) is 3.36. The number of carboxylic acid groups (broad SMARTS) is 1. The van der Waals surface area contributed by atoms with E-state index in [9.17, 15) is 4.79 Å². The summed E-state index contributed by atoms with van der Waals surface area (Å²) < 4.78 is 0. The van der Waals surface area contributed by atoms with Crippen LogP contribution in [0.2, 0.25) is 0 Å². The monoisotopic (exact) mass is 177 g/mol. The van der Waals surface area contributed by atoms with Gasteiger partial charge in [-0.25, -0.2) is 4.79 Å². The van der Waals surface area contributed by atoms with E-state index in [4.69, 9.17) is 10.8 Å². The lowest BCUT2D eigenvalue weighted by atomic mass is 10.0. The van der Waals surface area contributed by atoms with Gasteiger partial charge in [0.25, 0.3) is 0 Å². The predicted octanol–water partition coefficient (Wildman–Crippen LogP) is 1.46. The third-order valence-corrected chi connectivity index (χ3v) is 2.50. The Morgan fingerprint density at radius 1 is 1.38 bits per heavy atom. The Kier molecular flexibility index (Phi) is 1.72. The Morgan fingerprint density at radius 2 is 2.15 bits per heavy atom. The molecule has 1 aromatic rings. The van der Waals surface area contributed by atoms with Crippen LogP contribution in [0.3, 0.4) is 0 Å². The molecule has 0 bridgehead atoms. The molecule has 3 nitrogen and oxygen atoms in total. The predicted molar refractivity (Wildman–Crippen MR) is 49.8 cm³/mol. The van der Waals surface area contributed by atoms with Crippen LogP contribution in [0.25, 0.3) is 0 Å². The van der Waals surface area contributed by atoms with Gasteiger partial charge < -0.3 is 10.8 Å². The maximum absolute atomic E-state index is 10.7. The van der Waals surface area contributed by atoms with Crippen LogP contribution in [0, 0.1) is 0 Å². The minimum atomic E-state index is -0.901. The molecule has 0 aliphatic heterocycles. The minimum absolute atomic E-state index is 0.304. The van der Waals surface area contributed by atoms with Crippen molar-refractivity contribution in [3.63, 3.8) is 0 Å². The summed E-state index contributed by atoms with van der Waals surface area (Å²) >= 11 is 0. The van der Waals surface area contributed by atoms with E-state index in [1.807, 2.05) is 0 Å². The van der Waals surface area contributed by atoms with E-state index >= 15 is 0 Å². The number of aromatic carboxylic acids is 1. The average molecular weight is 177 g/mol. The fourth-order valence-electron chi connectivity index (χ4n) is 1.86. The number of aryl methyl sites for hydroxylation is 1. The van der Waals surface area contributed by atoms with Crippen LogP contribution in [0.5, 0.6) is 0 Å². The lowest BCUT2D eigenvalue weighted by Crippen LogP contribution is -2.01. The highest BCUT2D eigenvalue weighted by molar-refractivity contribution is 5.89. The van der Waals surface area contributed by atoms with E-state index in [-0.39, 0.29) is 0 Å². The van der Waals surface area contributed by atoms with Crippen molar-refractivity contribution in [3.05, 3.63) is 28.8 Å². The lowest BCUT2D eigenvalue weighted by Gasteiger charge is -2.04. The number of nitrogen functional groups attached to an aromatic ring is 1. The summed E-state index contributed by atoms with van der Waals surface area (Å²) in [4.78, 5) is 10.7. The van der Waals surface area contributed by atoms with Gasteiger partial charge in [0, 0.05) is 5.69 Å². The minimum Gasteiger partial charge on any atom is -0.478 e. The lowest BCUT2D eigenvalue weighted by molar-refractivity contribution is 0.0697. The molecular weight excluding hydrogens is 166 g/mol. The first kappa shape index (κ1) is 8.10. The molecule has 1 aliphatic carbocycles. The molecule has 0 amide bonds. The van der Waals surface area contributed by atoms with Gasteiger partial charge in [-0.1, -0.05) is 0 Å². The van der Waals surface area contributed by atoms with Crippen molar-refractivity contribution in [1.82, 2.24) is 0 Å². The molecule has 0 heterocycles. The van der Waals surface area contributed by atoms with Crippen LogP contribution in [-0.4, -0.2) is 11.1 Å². The first-order valence-electron chi connectivity index (χ1n) is 4.33. The molecule has 13 heavy (non-hydrogen) atoms. The summed E-state index contributed by atoms with van der Waals surface area (Å²) in [7, 11) is 0. The van der Waals surface area contributed by atoms with Crippen LogP contribution in [-0.2, 0) is 12.8 Å². The number of hydrogen-bond acceptors (Lipinski definition) is 2. The summed E-state index contributed by atoms with van der Waals surface area (Å²) in [5.41, 5.74) is 8.94. The zero-order valence-electron chi connectivity index (χ0n) is 7.21. The molecule has 3 N–H and O–H groups in total. The van der Waals surface area contributed by atoms with Crippen LogP contribution in [0.15, 0.2) is 12.1 Å². The quantitative estimate of drug-likeness (QED) is 0.638. The van der Waals surface area contributed by atoms with E-state index in [1.54, 1.807) is 12.1 Å². The van der Waals surface area contributed by atoms with Crippen molar-refractivity contribution in [3.8, 4) is 0 Å². The summed E-state index contributed by atoms with van der Waals surface area (Å²) in [6, 6.07) is 3.29. The number of anilines is 1. The Balaban J connectivity index is 2.55. The van der Waals surface area contributed by atoms with Gasteiger partial charge in [-0.3, -0.25) is 0 Å². The molecule has 2 rings (SSSR count). The van der Waals surface area contributed by atoms with Crippen molar-refractivity contribution in [2.24, 2.45) is 0 Å². The van der Waals surface area contributed by atoms with Crippen molar-refractivity contribution in [1.29, 1.82) is 0 Å². The maximum atomic E-state index is 10.7. The molecule has 0 saturated heterocycles. The van der Waals surface area contributed by atoms with Crippen molar-refractivity contribution >= 4 is 11.7 Å². The second kappa shape index (κ2) is 2.76. The van der Waals surface area contributed by atoms with Gasteiger partial charge in [-0.15, -0.1) is 0 Å². The third-order valence-electron chi connectivity index (χ3n) is 2.50. The van der Waals surface area contributed by atoms with E-state index in [0.717, 1.165) is 30.4 Å². The summed E-state index contributed by atoms with van der Waals surface area (Å²) in [5.74, 6) is -0.901. The number of hydrogen-bond donors (Lipinski definition) is 2. The van der Waals surface area contributed by atoms with Gasteiger partial charge in [-0.2, -0.15) is 0 Å². The van der Waals surface area contributed by atoms with E-state index < -0.39 is 5.97 Å². The number of carbonyl (C=O) groups is 1. The number of rotatable bonds is 1. The molecule has 0 radical (unpaired) electrons. The fourth-order valence-corrected chi connectivity index (χ4v) is 1.86. The molecule has 0 fully saturated rings. The van der Waals surface area contributed by atoms with Crippen molar-refractivity contribution < 1.29 is 9.90 Å². The summed E-state index contributed by atoms with van der Waals surface area (Å²) in [6.07, 6.45) is 3.03. The Morgan fingerprint density at radius 3 is 2.85 bits per heavy atom. The molecule has 1 aliphatic rings. The van der Waals surface area contributed by atoms with Gasteiger partial charge >= 0.3 is 5.97 Å². The van der Waals surface area contributed by atoms with Crippen LogP contribution < -0.4 is 5.73 Å². The van der Waals surface area contributed by atoms with Crippen LogP contribution in [0.4, 0.5) is 5.69 Å². The maximum Gasteiger partial charge on any atom is 0.335 e. The number of nitrogens with two attached hydrogens (primary N) is 1. The fraction of sp³-hybridized carbons (Fsp3) is 0.300. The number of fused-ring (bicyclic) bond motifs is 1. The molecule has 0 atom stereocenters. The van der Waals surface area contributed by atoms with E-state index in [1.165, 1.54) is 0 Å². The van der Waals surface area contributed by atoms with Gasteiger partial charge in [0.05, 0.1) is 5.56 Å². The van der Waals surface area contributed by atoms with Gasteiger partial charge in [0.2, 0.25) is 0 Å². The van der Waals surface area contributed by atoms with Crippen LogP contribution in [0.1, 0.15) is 27.9 Å². The summed E-state index contributed by atoms with van der Waals surface area (Å²) in [5, 5.41) is 8.78. The molecule has 0 unspecified atom stereocenters. The van der Waals surface area contributed by atoms with Crippen LogP contribution >= 0.6 is 0 Å². The highest BCUT2D eigenvalue weighted by Crippen LogP contribution is 2.28. The highest BCUT2D eigenvalue weighted by atomic mass is 16.4. The van der Waals surface area contributed by atoms with E-state index in [0.29, 0.717) is 11.3 Å². The topological polar surface area (TPSA) is 63.3 Å². The van der Waals surface area contributed by atoms with Gasteiger partial charge in [-0.05, 0) is 42.5 Å². The molecule has 0 saturated carbocycles. The first-order chi connectivity index (χ1) is 6.18. The molecule has 3 heteroatoms. The van der Waals surface area contributed by atoms with Crippen molar-refractivity contribution in [2.45, 2.75) is 19.3 Å². The van der Waals surface area contributed by atoms with Crippen molar-refractivity contribution in [2.75, 3.05) is 5.73 Å². The average Bonchev–Trinajstić information content (AvgIpc) is 2.51. The Hall–Kier alpha value is -1.51.